The third-order valence-corrected chi connectivity index (χ3v) is 3.84. The number of aromatic hydroxyl groups is 1. The second-order valence-electron chi connectivity index (χ2n) is 6.04. The number of aldehydes is 1. The average molecular weight is 314 g/mol. The Labute approximate surface area is 136 Å². The molecule has 1 aliphatic heterocycles. The Hall–Kier alpha value is -2.36. The number of rotatable bonds is 5. The third kappa shape index (κ3) is 4.09. The molecule has 1 aliphatic rings. The fraction of sp³-hybridized carbons (Fsp3) is 0.368. The number of carbonyl (C=O) groups is 2. The van der Waals surface area contributed by atoms with E-state index in [-0.39, 0.29) is 17.6 Å². The van der Waals surface area contributed by atoms with E-state index in [0.29, 0.717) is 42.4 Å². The number of ketones is 1. The number of ether oxygens (including phenoxy) is 1. The molecule has 1 unspecified atom stereocenters. The first kappa shape index (κ1) is 17.0. The lowest BCUT2D eigenvalue weighted by molar-refractivity contribution is -0.112. The molecule has 4 nitrogen and oxygen atoms in total. The molecule has 0 saturated heterocycles. The highest BCUT2D eigenvalue weighted by molar-refractivity contribution is 5.87. The molecule has 122 valence electrons. The first-order chi connectivity index (χ1) is 10.9. The van der Waals surface area contributed by atoms with Gasteiger partial charge in [0.15, 0.2) is 12.1 Å². The summed E-state index contributed by atoms with van der Waals surface area (Å²) in [7, 11) is 0. The van der Waals surface area contributed by atoms with Crippen molar-refractivity contribution >= 4 is 12.1 Å². The van der Waals surface area contributed by atoms with Crippen LogP contribution >= 0.6 is 0 Å². The van der Waals surface area contributed by atoms with Crippen molar-refractivity contribution in [2.45, 2.75) is 46.1 Å². The predicted molar refractivity (Wildman–Crippen MR) is 89.2 cm³/mol. The van der Waals surface area contributed by atoms with E-state index in [4.69, 9.17) is 4.74 Å². The van der Waals surface area contributed by atoms with Crippen LogP contribution in [0.3, 0.4) is 0 Å². The average Bonchev–Trinajstić information content (AvgIpc) is 2.50. The van der Waals surface area contributed by atoms with Crippen molar-refractivity contribution in [3.8, 4) is 11.5 Å². The number of fused-ring (bicyclic) bond motifs is 1. The largest absolute Gasteiger partial charge is 0.507 e. The van der Waals surface area contributed by atoms with Gasteiger partial charge in [-0.05, 0) is 58.3 Å². The van der Waals surface area contributed by atoms with Gasteiger partial charge in [0.05, 0.1) is 5.56 Å². The molecule has 0 fully saturated rings. The minimum absolute atomic E-state index is 0.0251. The Kier molecular flexibility index (Phi) is 5.37. The van der Waals surface area contributed by atoms with Crippen molar-refractivity contribution in [1.82, 2.24) is 0 Å². The molecule has 0 aromatic heterocycles. The van der Waals surface area contributed by atoms with Gasteiger partial charge in [0.2, 0.25) is 0 Å². The van der Waals surface area contributed by atoms with Crippen LogP contribution in [0.25, 0.3) is 0 Å². The highest BCUT2D eigenvalue weighted by Gasteiger charge is 2.24. The van der Waals surface area contributed by atoms with Gasteiger partial charge in [-0.3, -0.25) is 9.59 Å². The van der Waals surface area contributed by atoms with E-state index in [0.717, 1.165) is 11.1 Å². The summed E-state index contributed by atoms with van der Waals surface area (Å²) < 4.78 is 5.90. The fourth-order valence-corrected chi connectivity index (χ4v) is 2.61. The van der Waals surface area contributed by atoms with Crippen LogP contribution in [0.1, 0.15) is 48.7 Å². The lowest BCUT2D eigenvalue weighted by Gasteiger charge is -2.26. The zero-order chi connectivity index (χ0) is 17.0. The summed E-state index contributed by atoms with van der Waals surface area (Å²) in [6.07, 6.45) is 7.58. The van der Waals surface area contributed by atoms with Crippen molar-refractivity contribution in [2.24, 2.45) is 0 Å². The first-order valence-electron chi connectivity index (χ1n) is 7.74. The molecule has 0 radical (unpaired) electrons. The van der Waals surface area contributed by atoms with E-state index in [1.165, 1.54) is 13.0 Å². The van der Waals surface area contributed by atoms with Crippen LogP contribution in [-0.4, -0.2) is 23.3 Å². The fourth-order valence-electron chi connectivity index (χ4n) is 2.61. The molecule has 4 heteroatoms. The van der Waals surface area contributed by atoms with Gasteiger partial charge in [0, 0.05) is 11.1 Å². The normalized spacial score (nSPS) is 16.6. The van der Waals surface area contributed by atoms with Gasteiger partial charge in [-0.15, -0.1) is 0 Å². The molecule has 23 heavy (non-hydrogen) atoms. The van der Waals surface area contributed by atoms with E-state index in [1.54, 1.807) is 12.1 Å². The number of hydrogen-bond acceptors (Lipinski definition) is 4. The zero-order valence-corrected chi connectivity index (χ0v) is 13.8. The van der Waals surface area contributed by atoms with Crippen molar-refractivity contribution in [1.29, 1.82) is 0 Å². The van der Waals surface area contributed by atoms with Crippen LogP contribution in [0.15, 0.2) is 29.9 Å². The van der Waals surface area contributed by atoms with Gasteiger partial charge in [-0.25, -0.2) is 0 Å². The topological polar surface area (TPSA) is 63.6 Å². The Bertz CT molecular complexity index is 679. The van der Waals surface area contributed by atoms with Crippen LogP contribution in [0.2, 0.25) is 0 Å². The lowest BCUT2D eigenvalue weighted by atomic mass is 9.93. The smallest absolute Gasteiger partial charge is 0.154 e. The maximum absolute atomic E-state index is 11.4. The van der Waals surface area contributed by atoms with E-state index in [1.807, 2.05) is 19.9 Å². The molecule has 0 saturated carbocycles. The Morgan fingerprint density at radius 3 is 2.74 bits per heavy atom. The highest BCUT2D eigenvalue weighted by atomic mass is 16.5. The first-order valence-corrected chi connectivity index (χ1v) is 7.74. The van der Waals surface area contributed by atoms with E-state index in [2.05, 4.69) is 0 Å². The Balaban J connectivity index is 2.37. The zero-order valence-electron chi connectivity index (χ0n) is 13.8. The summed E-state index contributed by atoms with van der Waals surface area (Å²) in [5, 5.41) is 10.3. The summed E-state index contributed by atoms with van der Waals surface area (Å²) in [6.45, 7) is 5.46. The minimum Gasteiger partial charge on any atom is -0.507 e. The second kappa shape index (κ2) is 7.27. The molecule has 0 spiro atoms. The maximum Gasteiger partial charge on any atom is 0.154 e. The van der Waals surface area contributed by atoms with E-state index >= 15 is 0 Å². The third-order valence-electron chi connectivity index (χ3n) is 3.84. The number of phenolic OH excluding ortho intramolecular Hbond substituents is 1. The second-order valence-corrected chi connectivity index (χ2v) is 6.04. The number of hydrogen-bond donors (Lipinski definition) is 1. The van der Waals surface area contributed by atoms with Gasteiger partial charge in [0.25, 0.3) is 0 Å². The molecule has 0 aliphatic carbocycles. The summed E-state index contributed by atoms with van der Waals surface area (Å²) in [4.78, 5) is 22.4. The molecule has 1 aromatic carbocycles. The standard InChI is InChI=1S/C19H22O4/c1-12(2)4-6-14-10-18-16(17(11-20)19(14)22)9-8-15(23-18)7-5-13(3)21/h4-5,7,10-11,15,22H,6,8-9H2,1-3H3. The predicted octanol–water partition coefficient (Wildman–Crippen LogP) is 3.55. The molecule has 2 rings (SSSR count). The van der Waals surface area contributed by atoms with Crippen LogP contribution in [-0.2, 0) is 17.6 Å². The molecule has 1 N–H and O–H groups in total. The van der Waals surface area contributed by atoms with Gasteiger partial charge in [-0.2, -0.15) is 0 Å². The van der Waals surface area contributed by atoms with Crippen LogP contribution in [0.4, 0.5) is 0 Å². The van der Waals surface area contributed by atoms with Gasteiger partial charge >= 0.3 is 0 Å². The molecular formula is C19H22O4. The summed E-state index contributed by atoms with van der Waals surface area (Å²) in [5.41, 5.74) is 2.86. The number of phenols is 1. The van der Waals surface area contributed by atoms with Gasteiger partial charge in [0.1, 0.15) is 17.6 Å². The molecule has 0 bridgehead atoms. The van der Waals surface area contributed by atoms with Gasteiger partial charge < -0.3 is 9.84 Å². The van der Waals surface area contributed by atoms with Crippen LogP contribution < -0.4 is 4.74 Å². The molecule has 1 heterocycles. The van der Waals surface area contributed by atoms with Crippen molar-refractivity contribution < 1.29 is 19.4 Å². The molecule has 0 amide bonds. The van der Waals surface area contributed by atoms with Crippen LogP contribution in [0.5, 0.6) is 11.5 Å². The van der Waals surface area contributed by atoms with E-state index in [9.17, 15) is 14.7 Å². The molecular weight excluding hydrogens is 292 g/mol. The van der Waals surface area contributed by atoms with E-state index < -0.39 is 0 Å². The number of benzene rings is 1. The summed E-state index contributed by atoms with van der Waals surface area (Å²) in [6, 6.07) is 1.80. The summed E-state index contributed by atoms with van der Waals surface area (Å²) in [5.74, 6) is 0.631. The van der Waals surface area contributed by atoms with Crippen molar-refractivity contribution in [2.75, 3.05) is 0 Å². The molecule has 1 atom stereocenters. The quantitative estimate of drug-likeness (QED) is 0.513. The summed E-state index contributed by atoms with van der Waals surface area (Å²) >= 11 is 0. The van der Waals surface area contributed by atoms with Crippen molar-refractivity contribution in [3.05, 3.63) is 46.6 Å². The maximum atomic E-state index is 11.4. The highest BCUT2D eigenvalue weighted by Crippen LogP contribution is 2.37. The number of carbonyl (C=O) groups excluding carboxylic acids is 2. The Morgan fingerprint density at radius 1 is 1.39 bits per heavy atom. The molecule has 1 aromatic rings. The number of allylic oxidation sites excluding steroid dienone is 3. The van der Waals surface area contributed by atoms with Crippen molar-refractivity contribution in [3.63, 3.8) is 0 Å². The monoisotopic (exact) mass is 314 g/mol. The Morgan fingerprint density at radius 2 is 2.13 bits per heavy atom. The van der Waals surface area contributed by atoms with Crippen LogP contribution in [0, 0.1) is 0 Å². The van der Waals surface area contributed by atoms with Gasteiger partial charge in [-0.1, -0.05) is 11.6 Å². The SMILES string of the molecule is CC(=O)C=CC1CCc2c(cc(CC=C(C)C)c(O)c2C=O)O1. The minimum atomic E-state index is -0.188. The lowest BCUT2D eigenvalue weighted by Crippen LogP contribution is -2.22.